The van der Waals surface area contributed by atoms with Gasteiger partial charge < -0.3 is 10.0 Å². The van der Waals surface area contributed by atoms with Gasteiger partial charge in [0.05, 0.1) is 5.52 Å². The molecule has 1 heterocycles. The van der Waals surface area contributed by atoms with Crippen molar-refractivity contribution in [3.8, 4) is 0 Å². The van der Waals surface area contributed by atoms with Gasteiger partial charge in [0, 0.05) is 23.9 Å². The number of pyridine rings is 1. The van der Waals surface area contributed by atoms with Gasteiger partial charge in [-0.05, 0) is 73.5 Å². The van der Waals surface area contributed by atoms with Gasteiger partial charge in [0.15, 0.2) is 0 Å². The molecule has 1 N–H and O–H groups in total. The molecule has 0 spiro atoms. The van der Waals surface area contributed by atoms with Gasteiger partial charge in [-0.3, -0.25) is 0 Å². The third-order valence-corrected chi connectivity index (χ3v) is 6.82. The molecule has 0 amide bonds. The predicted molar refractivity (Wildman–Crippen MR) is 138 cm³/mol. The van der Waals surface area contributed by atoms with Crippen LogP contribution in [0.3, 0.4) is 0 Å². The van der Waals surface area contributed by atoms with Crippen molar-refractivity contribution >= 4 is 22.5 Å². The second-order valence-electron chi connectivity index (χ2n) is 9.22. The van der Waals surface area contributed by atoms with Crippen LogP contribution in [0.25, 0.3) is 10.9 Å². The van der Waals surface area contributed by atoms with Crippen LogP contribution in [-0.4, -0.2) is 35.6 Å². The lowest BCUT2D eigenvalue weighted by atomic mass is 9.71. The first kappa shape index (κ1) is 25.2. The molecule has 0 radical (unpaired) electrons. The molecule has 182 valence electrons. The van der Waals surface area contributed by atoms with Gasteiger partial charge in [-0.15, -0.1) is 0 Å². The highest BCUT2D eigenvalue weighted by Crippen LogP contribution is 2.45. The molecule has 0 fully saturated rings. The Morgan fingerprint density at radius 1 is 0.943 bits per heavy atom. The number of aliphatic hydroxyl groups is 1. The third kappa shape index (κ3) is 5.37. The van der Waals surface area contributed by atoms with E-state index >= 15 is 0 Å². The minimum absolute atomic E-state index is 0.193. The summed E-state index contributed by atoms with van der Waals surface area (Å²) >= 11 is 6.41. The van der Waals surface area contributed by atoms with Gasteiger partial charge in [0.25, 0.3) is 0 Å². The van der Waals surface area contributed by atoms with E-state index in [2.05, 4.69) is 4.98 Å². The Balaban J connectivity index is 1.96. The Kier molecular flexibility index (Phi) is 7.50. The maximum atomic E-state index is 14.4. The lowest BCUT2D eigenvalue weighted by Crippen LogP contribution is -2.37. The summed E-state index contributed by atoms with van der Waals surface area (Å²) in [4.78, 5) is 6.54. The fraction of sp³-hybridized carbons (Fsp3) is 0.276. The number of aromatic nitrogens is 1. The normalized spacial score (nSPS) is 14.3. The standard InChI is InChI=1S/C29H29ClF2N2O/c1-4-19-14-21-10-11-22(15-26(21)33-28(19)30)27(20-8-6-5-7-9-20)29(35,12-13-34(2)3)23-16-24(31)18-25(32)17-23/h5-11,14-18,27,35H,4,12-13H2,1-3H3/t27-,29-/m1/s1. The molecule has 0 bridgehead atoms. The summed E-state index contributed by atoms with van der Waals surface area (Å²) in [6.07, 6.45) is 1.02. The van der Waals surface area contributed by atoms with Gasteiger partial charge in [-0.1, -0.05) is 61.0 Å². The highest BCUT2D eigenvalue weighted by atomic mass is 35.5. The van der Waals surface area contributed by atoms with Crippen molar-refractivity contribution in [1.29, 1.82) is 0 Å². The molecule has 4 rings (SSSR count). The fourth-order valence-corrected chi connectivity index (χ4v) is 4.95. The van der Waals surface area contributed by atoms with Gasteiger partial charge in [0.1, 0.15) is 22.4 Å². The van der Waals surface area contributed by atoms with Crippen LogP contribution in [0.5, 0.6) is 0 Å². The van der Waals surface area contributed by atoms with Crippen LogP contribution < -0.4 is 0 Å². The van der Waals surface area contributed by atoms with Crippen molar-refractivity contribution in [2.24, 2.45) is 0 Å². The average molecular weight is 495 g/mol. The van der Waals surface area contributed by atoms with Crippen LogP contribution in [0.2, 0.25) is 5.15 Å². The highest BCUT2D eigenvalue weighted by molar-refractivity contribution is 6.30. The predicted octanol–water partition coefficient (Wildman–Crippen LogP) is 6.70. The van der Waals surface area contributed by atoms with E-state index in [9.17, 15) is 13.9 Å². The van der Waals surface area contributed by atoms with E-state index in [1.54, 1.807) is 0 Å². The zero-order valence-electron chi connectivity index (χ0n) is 20.1. The van der Waals surface area contributed by atoms with Crippen molar-refractivity contribution in [2.45, 2.75) is 31.3 Å². The smallest absolute Gasteiger partial charge is 0.132 e. The van der Waals surface area contributed by atoms with Crippen LogP contribution in [0.1, 0.15) is 41.5 Å². The van der Waals surface area contributed by atoms with Crippen molar-refractivity contribution in [2.75, 3.05) is 20.6 Å². The monoisotopic (exact) mass is 494 g/mol. The Labute approximate surface area is 210 Å². The van der Waals surface area contributed by atoms with Crippen LogP contribution in [-0.2, 0) is 12.0 Å². The molecule has 0 aliphatic heterocycles. The molecular weight excluding hydrogens is 466 g/mol. The second kappa shape index (κ2) is 10.4. The lowest BCUT2D eigenvalue weighted by Gasteiger charge is -2.38. The number of halogens is 3. The zero-order valence-corrected chi connectivity index (χ0v) is 20.9. The van der Waals surface area contributed by atoms with E-state index in [1.165, 1.54) is 12.1 Å². The number of hydrogen-bond donors (Lipinski definition) is 1. The Morgan fingerprint density at radius 3 is 2.26 bits per heavy atom. The topological polar surface area (TPSA) is 36.4 Å². The fourth-order valence-electron chi connectivity index (χ4n) is 4.67. The van der Waals surface area contributed by atoms with Crippen molar-refractivity contribution in [3.05, 3.63) is 112 Å². The van der Waals surface area contributed by atoms with Crippen molar-refractivity contribution < 1.29 is 13.9 Å². The van der Waals surface area contributed by atoms with E-state index in [4.69, 9.17) is 11.6 Å². The van der Waals surface area contributed by atoms with Crippen molar-refractivity contribution in [3.63, 3.8) is 0 Å². The lowest BCUT2D eigenvalue weighted by molar-refractivity contribution is 0.00396. The number of nitrogens with zero attached hydrogens (tertiary/aromatic N) is 2. The zero-order chi connectivity index (χ0) is 25.2. The molecule has 6 heteroatoms. The largest absolute Gasteiger partial charge is 0.384 e. The Morgan fingerprint density at radius 2 is 1.63 bits per heavy atom. The molecule has 3 aromatic carbocycles. The van der Waals surface area contributed by atoms with E-state index < -0.39 is 23.2 Å². The summed E-state index contributed by atoms with van der Waals surface area (Å²) < 4.78 is 28.7. The summed E-state index contributed by atoms with van der Waals surface area (Å²) in [7, 11) is 3.80. The first-order valence-corrected chi connectivity index (χ1v) is 12.1. The third-order valence-electron chi connectivity index (χ3n) is 6.50. The molecule has 3 nitrogen and oxygen atoms in total. The van der Waals surface area contributed by atoms with E-state index in [-0.39, 0.29) is 12.0 Å². The van der Waals surface area contributed by atoms with Gasteiger partial charge in [0.2, 0.25) is 0 Å². The molecule has 2 atom stereocenters. The van der Waals surface area contributed by atoms with Crippen LogP contribution in [0, 0.1) is 11.6 Å². The molecule has 0 aliphatic carbocycles. The molecule has 0 saturated heterocycles. The Bertz CT molecular complexity index is 1310. The maximum Gasteiger partial charge on any atom is 0.132 e. The molecule has 0 unspecified atom stereocenters. The van der Waals surface area contributed by atoms with Crippen LogP contribution in [0.15, 0.2) is 72.8 Å². The quantitative estimate of drug-likeness (QED) is 0.277. The average Bonchev–Trinajstić information content (AvgIpc) is 2.82. The van der Waals surface area contributed by atoms with Crippen LogP contribution in [0.4, 0.5) is 8.78 Å². The van der Waals surface area contributed by atoms with E-state index in [0.29, 0.717) is 17.2 Å². The highest BCUT2D eigenvalue weighted by Gasteiger charge is 2.41. The number of rotatable bonds is 8. The minimum atomic E-state index is -1.60. The maximum absolute atomic E-state index is 14.4. The second-order valence-corrected chi connectivity index (χ2v) is 9.58. The van der Waals surface area contributed by atoms with Gasteiger partial charge >= 0.3 is 0 Å². The molecular formula is C29H29ClF2N2O. The molecule has 0 aliphatic rings. The number of fused-ring (bicyclic) bond motifs is 1. The molecule has 0 saturated carbocycles. The summed E-state index contributed by atoms with van der Waals surface area (Å²) in [6, 6.07) is 20.6. The summed E-state index contributed by atoms with van der Waals surface area (Å²) in [6.45, 7) is 2.53. The SMILES string of the molecule is CCc1cc2ccc([C@@H](c3ccccc3)[C@@](O)(CCN(C)C)c3cc(F)cc(F)c3)cc2nc1Cl. The van der Waals surface area contributed by atoms with Gasteiger partial charge in [-0.2, -0.15) is 0 Å². The molecule has 4 aromatic rings. The van der Waals surface area contributed by atoms with Gasteiger partial charge in [-0.25, -0.2) is 13.8 Å². The number of benzene rings is 3. The minimum Gasteiger partial charge on any atom is -0.384 e. The first-order valence-electron chi connectivity index (χ1n) is 11.7. The van der Waals surface area contributed by atoms with Crippen molar-refractivity contribution in [1.82, 2.24) is 9.88 Å². The molecule has 35 heavy (non-hydrogen) atoms. The first-order chi connectivity index (χ1) is 16.7. The number of hydrogen-bond acceptors (Lipinski definition) is 3. The van der Waals surface area contributed by atoms with E-state index in [0.717, 1.165) is 34.6 Å². The summed E-state index contributed by atoms with van der Waals surface area (Å²) in [5.74, 6) is -2.07. The summed E-state index contributed by atoms with van der Waals surface area (Å²) in [5.41, 5.74) is 1.86. The number of aryl methyl sites for hydroxylation is 1. The summed E-state index contributed by atoms with van der Waals surface area (Å²) in [5, 5.41) is 13.7. The molecule has 1 aromatic heterocycles. The van der Waals surface area contributed by atoms with E-state index in [1.807, 2.05) is 80.5 Å². The van der Waals surface area contributed by atoms with Crippen LogP contribution >= 0.6 is 11.6 Å². The Hall–Kier alpha value is -2.86.